The summed E-state index contributed by atoms with van der Waals surface area (Å²) in [6.45, 7) is 7.57. The van der Waals surface area contributed by atoms with Crippen LogP contribution in [0.25, 0.3) is 0 Å². The quantitative estimate of drug-likeness (QED) is 0.685. The topological polar surface area (TPSA) is 23.5 Å². The minimum atomic E-state index is 0.678. The highest BCUT2D eigenvalue weighted by atomic mass is 16.5. The highest BCUT2D eigenvalue weighted by Crippen LogP contribution is 2.20. The molecular formula is C12H19NO. The summed E-state index contributed by atoms with van der Waals surface area (Å²) in [5.41, 5.74) is 4.03. The van der Waals surface area contributed by atoms with Crippen molar-refractivity contribution in [2.75, 3.05) is 6.54 Å². The smallest absolute Gasteiger partial charge is 0.0491 e. The Balaban J connectivity index is 0.000000461. The van der Waals surface area contributed by atoms with Crippen molar-refractivity contribution < 1.29 is 5.21 Å². The van der Waals surface area contributed by atoms with Gasteiger partial charge >= 0.3 is 0 Å². The second-order valence-corrected chi connectivity index (χ2v) is 3.35. The molecule has 0 aliphatic carbocycles. The molecule has 0 fully saturated rings. The molecule has 1 aliphatic heterocycles. The van der Waals surface area contributed by atoms with Crippen LogP contribution in [0.5, 0.6) is 0 Å². The van der Waals surface area contributed by atoms with Gasteiger partial charge in [-0.15, -0.1) is 0 Å². The summed E-state index contributed by atoms with van der Waals surface area (Å²) in [7, 11) is 0. The fourth-order valence-corrected chi connectivity index (χ4v) is 1.79. The van der Waals surface area contributed by atoms with Crippen LogP contribution >= 0.6 is 0 Å². The molecule has 0 spiro atoms. The first kappa shape index (κ1) is 11.2. The molecule has 0 atom stereocenters. The first-order chi connectivity index (χ1) is 6.77. The van der Waals surface area contributed by atoms with Crippen LogP contribution in [0.1, 0.15) is 30.5 Å². The van der Waals surface area contributed by atoms with Crippen LogP contribution in [0.4, 0.5) is 0 Å². The van der Waals surface area contributed by atoms with Crippen molar-refractivity contribution in [3.05, 3.63) is 34.9 Å². The molecule has 2 nitrogen and oxygen atoms in total. The van der Waals surface area contributed by atoms with E-state index in [0.717, 1.165) is 13.0 Å². The van der Waals surface area contributed by atoms with Crippen molar-refractivity contribution in [3.8, 4) is 0 Å². The van der Waals surface area contributed by atoms with Crippen molar-refractivity contribution in [2.45, 2.75) is 33.7 Å². The minimum Gasteiger partial charge on any atom is -0.314 e. The van der Waals surface area contributed by atoms with E-state index in [4.69, 9.17) is 0 Å². The predicted molar refractivity (Wildman–Crippen MR) is 58.4 cm³/mol. The number of nitrogens with zero attached hydrogens (tertiary/aromatic N) is 1. The van der Waals surface area contributed by atoms with Crippen molar-refractivity contribution >= 4 is 0 Å². The van der Waals surface area contributed by atoms with Gasteiger partial charge in [0, 0.05) is 13.1 Å². The summed E-state index contributed by atoms with van der Waals surface area (Å²) < 4.78 is 0. The standard InChI is InChI=1S/C10H13NO.C2H6/c1-8-3-2-4-9-7-11(12)6-5-10(8)9;1-2/h2-4,12H,5-7H2,1H3;1-2H3. The summed E-state index contributed by atoms with van der Waals surface area (Å²) in [6.07, 6.45) is 0.971. The molecule has 1 N–H and O–H groups in total. The Morgan fingerprint density at radius 2 is 2.00 bits per heavy atom. The Kier molecular flexibility index (Phi) is 4.11. The third-order valence-electron chi connectivity index (χ3n) is 2.48. The van der Waals surface area contributed by atoms with Crippen molar-refractivity contribution in [1.29, 1.82) is 0 Å². The molecule has 78 valence electrons. The van der Waals surface area contributed by atoms with Crippen molar-refractivity contribution in [1.82, 2.24) is 5.06 Å². The van der Waals surface area contributed by atoms with Crippen LogP contribution in [0.15, 0.2) is 18.2 Å². The zero-order valence-electron chi connectivity index (χ0n) is 9.25. The fraction of sp³-hybridized carbons (Fsp3) is 0.500. The van der Waals surface area contributed by atoms with Crippen LogP contribution in [-0.4, -0.2) is 16.8 Å². The Morgan fingerprint density at radius 1 is 1.29 bits per heavy atom. The van der Waals surface area contributed by atoms with E-state index in [2.05, 4.69) is 19.1 Å². The first-order valence-electron chi connectivity index (χ1n) is 5.28. The number of fused-ring (bicyclic) bond motifs is 1. The van der Waals surface area contributed by atoms with Gasteiger partial charge in [0.2, 0.25) is 0 Å². The van der Waals surface area contributed by atoms with Gasteiger partial charge in [0.15, 0.2) is 0 Å². The molecule has 1 heterocycles. The van der Waals surface area contributed by atoms with Crippen LogP contribution in [0.2, 0.25) is 0 Å². The molecule has 0 bridgehead atoms. The molecule has 0 saturated carbocycles. The van der Waals surface area contributed by atoms with Crippen LogP contribution < -0.4 is 0 Å². The van der Waals surface area contributed by atoms with E-state index in [-0.39, 0.29) is 0 Å². The summed E-state index contributed by atoms with van der Waals surface area (Å²) in [4.78, 5) is 0. The third kappa shape index (κ3) is 2.34. The largest absolute Gasteiger partial charge is 0.314 e. The van der Waals surface area contributed by atoms with Gasteiger partial charge in [-0.25, -0.2) is 0 Å². The van der Waals surface area contributed by atoms with E-state index in [9.17, 15) is 5.21 Å². The fourth-order valence-electron chi connectivity index (χ4n) is 1.79. The summed E-state index contributed by atoms with van der Waals surface area (Å²) in [6, 6.07) is 6.27. The first-order valence-corrected chi connectivity index (χ1v) is 5.28. The molecular weight excluding hydrogens is 174 g/mol. The summed E-state index contributed by atoms with van der Waals surface area (Å²) in [5, 5.41) is 10.7. The maximum absolute atomic E-state index is 9.28. The van der Waals surface area contributed by atoms with Gasteiger partial charge in [-0.1, -0.05) is 32.0 Å². The molecule has 1 aliphatic rings. The number of hydroxylamine groups is 2. The van der Waals surface area contributed by atoms with E-state index in [1.54, 1.807) is 0 Å². The molecule has 0 saturated heterocycles. The maximum Gasteiger partial charge on any atom is 0.0491 e. The lowest BCUT2D eigenvalue weighted by atomic mass is 9.96. The van der Waals surface area contributed by atoms with Gasteiger partial charge in [-0.05, 0) is 30.0 Å². The molecule has 0 amide bonds. The molecule has 2 heteroatoms. The number of hydrogen-bond acceptors (Lipinski definition) is 2. The number of benzene rings is 1. The molecule has 1 aromatic carbocycles. The van der Waals surface area contributed by atoms with Gasteiger partial charge in [0.05, 0.1) is 0 Å². The summed E-state index contributed by atoms with van der Waals surface area (Å²) in [5.74, 6) is 0. The van der Waals surface area contributed by atoms with E-state index in [1.807, 2.05) is 19.9 Å². The minimum absolute atomic E-state index is 0.678. The Labute approximate surface area is 86.1 Å². The normalized spacial score (nSPS) is 15.4. The Hall–Kier alpha value is -0.860. The molecule has 2 rings (SSSR count). The second-order valence-electron chi connectivity index (χ2n) is 3.35. The second kappa shape index (κ2) is 5.13. The molecule has 0 radical (unpaired) electrons. The van der Waals surface area contributed by atoms with E-state index < -0.39 is 0 Å². The Morgan fingerprint density at radius 3 is 2.71 bits per heavy atom. The number of aryl methyl sites for hydroxylation is 1. The van der Waals surface area contributed by atoms with Crippen molar-refractivity contribution in [3.63, 3.8) is 0 Å². The zero-order chi connectivity index (χ0) is 10.6. The van der Waals surface area contributed by atoms with E-state index >= 15 is 0 Å². The third-order valence-corrected chi connectivity index (χ3v) is 2.48. The van der Waals surface area contributed by atoms with Crippen molar-refractivity contribution in [2.24, 2.45) is 0 Å². The van der Waals surface area contributed by atoms with Gasteiger partial charge in [0.25, 0.3) is 0 Å². The van der Waals surface area contributed by atoms with Gasteiger partial charge < -0.3 is 5.21 Å². The highest BCUT2D eigenvalue weighted by molar-refractivity contribution is 5.35. The average Bonchev–Trinajstić information content (AvgIpc) is 2.21. The van der Waals surface area contributed by atoms with E-state index in [1.165, 1.54) is 21.8 Å². The zero-order valence-corrected chi connectivity index (χ0v) is 9.25. The SMILES string of the molecule is CC.Cc1cccc2c1CCN(O)C2. The summed E-state index contributed by atoms with van der Waals surface area (Å²) >= 11 is 0. The highest BCUT2D eigenvalue weighted by Gasteiger charge is 2.14. The van der Waals surface area contributed by atoms with Gasteiger partial charge in [-0.3, -0.25) is 0 Å². The molecule has 1 aromatic rings. The molecule has 14 heavy (non-hydrogen) atoms. The van der Waals surface area contributed by atoms with Gasteiger partial charge in [0.1, 0.15) is 0 Å². The van der Waals surface area contributed by atoms with Crippen LogP contribution in [0.3, 0.4) is 0 Å². The average molecular weight is 193 g/mol. The van der Waals surface area contributed by atoms with Crippen LogP contribution in [-0.2, 0) is 13.0 Å². The van der Waals surface area contributed by atoms with E-state index in [0.29, 0.717) is 6.54 Å². The number of hydrogen-bond donors (Lipinski definition) is 1. The number of rotatable bonds is 0. The lowest BCUT2D eigenvalue weighted by Crippen LogP contribution is -2.27. The van der Waals surface area contributed by atoms with Gasteiger partial charge in [-0.2, -0.15) is 5.06 Å². The van der Waals surface area contributed by atoms with Crippen LogP contribution in [0, 0.1) is 6.92 Å². The Bertz CT molecular complexity index is 296. The monoisotopic (exact) mass is 193 g/mol. The molecule has 0 aromatic heterocycles. The predicted octanol–water partition coefficient (Wildman–Crippen LogP) is 2.77. The maximum atomic E-state index is 9.28. The molecule has 0 unspecified atom stereocenters. The lowest BCUT2D eigenvalue weighted by molar-refractivity contribution is -0.103. The lowest BCUT2D eigenvalue weighted by Gasteiger charge is -2.24.